The molecule has 1 aliphatic heterocycles. The van der Waals surface area contributed by atoms with Crippen molar-refractivity contribution >= 4 is 32.9 Å². The first-order valence-corrected chi connectivity index (χ1v) is 9.24. The maximum Gasteiger partial charge on any atom is 0.231 e. The van der Waals surface area contributed by atoms with Crippen LogP contribution >= 0.6 is 22.7 Å². The quantitative estimate of drug-likeness (QED) is 0.534. The van der Waals surface area contributed by atoms with E-state index in [1.807, 2.05) is 30.3 Å². The fourth-order valence-electron chi connectivity index (χ4n) is 2.71. The van der Waals surface area contributed by atoms with E-state index in [4.69, 9.17) is 14.5 Å². The van der Waals surface area contributed by atoms with Gasteiger partial charge in [0, 0.05) is 10.9 Å². The second kappa shape index (κ2) is 5.58. The lowest BCUT2D eigenvalue weighted by Gasteiger charge is -1.99. The number of aromatic nitrogens is 2. The summed E-state index contributed by atoms with van der Waals surface area (Å²) in [6, 6.07) is 14.2. The topological polar surface area (TPSA) is 44.2 Å². The van der Waals surface area contributed by atoms with Gasteiger partial charge in [-0.05, 0) is 30.3 Å². The van der Waals surface area contributed by atoms with Crippen LogP contribution in [0.2, 0.25) is 0 Å². The van der Waals surface area contributed by atoms with Gasteiger partial charge in [0.2, 0.25) is 6.79 Å². The summed E-state index contributed by atoms with van der Waals surface area (Å²) in [5, 5.41) is 4.25. The van der Waals surface area contributed by atoms with E-state index in [0.29, 0.717) is 6.79 Å². The Morgan fingerprint density at radius 3 is 2.83 bits per heavy atom. The molecule has 0 spiro atoms. The minimum atomic E-state index is 0.290. The maximum atomic E-state index is 5.44. The van der Waals surface area contributed by atoms with Crippen molar-refractivity contribution in [2.45, 2.75) is 6.42 Å². The van der Waals surface area contributed by atoms with E-state index < -0.39 is 0 Å². The van der Waals surface area contributed by atoms with Crippen molar-refractivity contribution in [3.8, 4) is 22.8 Å². The highest BCUT2D eigenvalue weighted by Gasteiger charge is 2.15. The Bertz CT molecular complexity index is 1010. The lowest BCUT2D eigenvalue weighted by Crippen LogP contribution is -1.92. The molecule has 3 heterocycles. The fraction of sp³-hybridized carbons (Fsp3) is 0.111. The van der Waals surface area contributed by atoms with E-state index in [9.17, 15) is 0 Å². The zero-order valence-corrected chi connectivity index (χ0v) is 14.2. The molecule has 0 unspecified atom stereocenters. The van der Waals surface area contributed by atoms with Gasteiger partial charge in [0.1, 0.15) is 10.0 Å². The van der Waals surface area contributed by atoms with Crippen molar-refractivity contribution in [2.75, 3.05) is 6.79 Å². The van der Waals surface area contributed by atoms with Crippen LogP contribution in [0.1, 0.15) is 10.0 Å². The average molecular weight is 352 g/mol. The molecule has 0 N–H and O–H groups in total. The number of benzene rings is 2. The van der Waals surface area contributed by atoms with Crippen LogP contribution in [0.15, 0.2) is 47.8 Å². The van der Waals surface area contributed by atoms with Gasteiger partial charge in [-0.3, -0.25) is 0 Å². The molecule has 0 bridgehead atoms. The highest BCUT2D eigenvalue weighted by atomic mass is 32.1. The molecular weight excluding hydrogens is 340 g/mol. The van der Waals surface area contributed by atoms with Crippen LogP contribution in [0.4, 0.5) is 0 Å². The summed E-state index contributed by atoms with van der Waals surface area (Å²) < 4.78 is 12.0. The molecule has 0 atom stereocenters. The first-order valence-electron chi connectivity index (χ1n) is 7.54. The summed E-state index contributed by atoms with van der Waals surface area (Å²) in [5.74, 6) is 1.58. The van der Waals surface area contributed by atoms with Gasteiger partial charge < -0.3 is 9.47 Å². The molecule has 4 nitrogen and oxygen atoms in total. The predicted octanol–water partition coefficient (Wildman–Crippen LogP) is 4.74. The minimum Gasteiger partial charge on any atom is -0.454 e. The number of hydrogen-bond acceptors (Lipinski definition) is 6. The van der Waals surface area contributed by atoms with E-state index in [2.05, 4.69) is 22.5 Å². The van der Waals surface area contributed by atoms with Crippen LogP contribution in [-0.2, 0) is 6.42 Å². The molecule has 0 fully saturated rings. The molecular formula is C18H12N2O2S2. The number of fused-ring (bicyclic) bond motifs is 2. The second-order valence-electron chi connectivity index (χ2n) is 5.45. The van der Waals surface area contributed by atoms with Crippen LogP contribution in [0.25, 0.3) is 21.5 Å². The van der Waals surface area contributed by atoms with Crippen LogP contribution in [0.3, 0.4) is 0 Å². The summed E-state index contributed by atoms with van der Waals surface area (Å²) in [5.41, 5.74) is 3.07. The molecule has 0 aliphatic carbocycles. The van der Waals surface area contributed by atoms with Crippen molar-refractivity contribution in [2.24, 2.45) is 0 Å². The van der Waals surface area contributed by atoms with Gasteiger partial charge in [-0.15, -0.1) is 22.7 Å². The van der Waals surface area contributed by atoms with Crippen molar-refractivity contribution < 1.29 is 9.47 Å². The second-order valence-corrected chi connectivity index (χ2v) is 7.50. The third-order valence-electron chi connectivity index (χ3n) is 3.86. The average Bonchev–Trinajstić information content (AvgIpc) is 3.33. The molecule has 1 aliphatic rings. The molecule has 118 valence electrons. The van der Waals surface area contributed by atoms with E-state index in [1.165, 1.54) is 4.70 Å². The first-order chi connectivity index (χ1) is 11.8. The van der Waals surface area contributed by atoms with Crippen molar-refractivity contribution in [1.82, 2.24) is 9.97 Å². The zero-order chi connectivity index (χ0) is 15.9. The number of nitrogens with zero attached hydrogens (tertiary/aromatic N) is 2. The normalized spacial score (nSPS) is 12.8. The standard InChI is InChI=1S/C18H12N2O2S2/c1-2-4-16-12(3-1)19-18(24-16)8-17-20-13(9-23-17)11-5-6-14-15(7-11)22-10-21-14/h1-7,9H,8,10H2. The fourth-order valence-corrected chi connectivity index (χ4v) is 4.58. The smallest absolute Gasteiger partial charge is 0.231 e. The monoisotopic (exact) mass is 352 g/mol. The molecule has 24 heavy (non-hydrogen) atoms. The number of ether oxygens (including phenoxy) is 2. The highest BCUT2D eigenvalue weighted by Crippen LogP contribution is 2.36. The van der Waals surface area contributed by atoms with Gasteiger partial charge in [-0.2, -0.15) is 0 Å². The Kier molecular flexibility index (Phi) is 3.24. The lowest BCUT2D eigenvalue weighted by molar-refractivity contribution is 0.174. The number of hydrogen-bond donors (Lipinski definition) is 0. The van der Waals surface area contributed by atoms with Gasteiger partial charge in [0.15, 0.2) is 11.5 Å². The Balaban J connectivity index is 1.42. The molecule has 2 aromatic heterocycles. The Morgan fingerprint density at radius 2 is 1.88 bits per heavy atom. The summed E-state index contributed by atoms with van der Waals surface area (Å²) in [6.45, 7) is 0.290. The first kappa shape index (κ1) is 13.9. The maximum absolute atomic E-state index is 5.44. The van der Waals surface area contributed by atoms with Crippen molar-refractivity contribution in [3.05, 3.63) is 57.9 Å². The van der Waals surface area contributed by atoms with Gasteiger partial charge in [0.05, 0.1) is 22.3 Å². The van der Waals surface area contributed by atoms with E-state index in [-0.39, 0.29) is 0 Å². The SMILES string of the molecule is c1ccc2sc(Cc3nc(-c4ccc5c(c4)OCO5)cs3)nc2c1. The van der Waals surface area contributed by atoms with Gasteiger partial charge >= 0.3 is 0 Å². The number of rotatable bonds is 3. The van der Waals surface area contributed by atoms with E-state index in [0.717, 1.165) is 44.7 Å². The summed E-state index contributed by atoms with van der Waals surface area (Å²) >= 11 is 3.40. The molecule has 0 saturated carbocycles. The molecule has 0 radical (unpaired) electrons. The molecule has 4 aromatic rings. The van der Waals surface area contributed by atoms with Crippen molar-refractivity contribution in [3.63, 3.8) is 0 Å². The Morgan fingerprint density at radius 1 is 0.958 bits per heavy atom. The summed E-state index contributed by atoms with van der Waals surface area (Å²) in [7, 11) is 0. The van der Waals surface area contributed by atoms with Gasteiger partial charge in [-0.25, -0.2) is 9.97 Å². The van der Waals surface area contributed by atoms with Crippen LogP contribution in [0, 0.1) is 0 Å². The van der Waals surface area contributed by atoms with Gasteiger partial charge in [-0.1, -0.05) is 12.1 Å². The number of thiazole rings is 2. The molecule has 0 amide bonds. The highest BCUT2D eigenvalue weighted by molar-refractivity contribution is 7.18. The van der Waals surface area contributed by atoms with E-state index >= 15 is 0 Å². The van der Waals surface area contributed by atoms with E-state index in [1.54, 1.807) is 22.7 Å². The third-order valence-corrected chi connectivity index (χ3v) is 5.75. The Hall–Kier alpha value is -2.44. The minimum absolute atomic E-state index is 0.290. The third kappa shape index (κ3) is 2.44. The van der Waals surface area contributed by atoms with Crippen LogP contribution < -0.4 is 9.47 Å². The van der Waals surface area contributed by atoms with Crippen LogP contribution in [0.5, 0.6) is 11.5 Å². The Labute approximate surface area is 146 Å². The zero-order valence-electron chi connectivity index (χ0n) is 12.6. The summed E-state index contributed by atoms with van der Waals surface area (Å²) in [4.78, 5) is 9.45. The number of para-hydroxylation sites is 1. The largest absolute Gasteiger partial charge is 0.454 e. The molecule has 6 heteroatoms. The molecule has 2 aromatic carbocycles. The molecule has 0 saturated heterocycles. The lowest BCUT2D eigenvalue weighted by atomic mass is 10.1. The molecule has 5 rings (SSSR count). The predicted molar refractivity (Wildman–Crippen MR) is 96.1 cm³/mol. The van der Waals surface area contributed by atoms with Crippen molar-refractivity contribution in [1.29, 1.82) is 0 Å². The summed E-state index contributed by atoms with van der Waals surface area (Å²) in [6.07, 6.45) is 0.772. The van der Waals surface area contributed by atoms with Crippen LogP contribution in [-0.4, -0.2) is 16.8 Å². The van der Waals surface area contributed by atoms with Gasteiger partial charge in [0.25, 0.3) is 0 Å².